The van der Waals surface area contributed by atoms with Gasteiger partial charge in [0.1, 0.15) is 12.4 Å². The topological polar surface area (TPSA) is 36.0 Å². The summed E-state index contributed by atoms with van der Waals surface area (Å²) in [7, 11) is 1.84. The Morgan fingerprint density at radius 3 is 2.15 bits per heavy atom. The maximum Gasteiger partial charge on any atom is 0.240 e. The Hall–Kier alpha value is -2.37. The van der Waals surface area contributed by atoms with Gasteiger partial charge in [0.15, 0.2) is 0 Å². The van der Waals surface area contributed by atoms with Crippen molar-refractivity contribution in [2.45, 2.75) is 0 Å². The molecule has 0 spiro atoms. The molecule has 0 unspecified atom stereocenters. The van der Waals surface area contributed by atoms with Gasteiger partial charge in [0.2, 0.25) is 5.91 Å². The lowest BCUT2D eigenvalue weighted by Gasteiger charge is -2.34. The summed E-state index contributed by atoms with van der Waals surface area (Å²) in [5, 5.41) is 0. The van der Waals surface area contributed by atoms with Crippen molar-refractivity contribution in [2.75, 3.05) is 57.8 Å². The number of para-hydroxylation sites is 2. The van der Waals surface area contributed by atoms with Crippen LogP contribution in [0.25, 0.3) is 0 Å². The predicted molar refractivity (Wildman–Crippen MR) is 105 cm³/mol. The molecule has 0 bridgehead atoms. The van der Waals surface area contributed by atoms with E-state index in [-0.39, 0.29) is 5.91 Å². The van der Waals surface area contributed by atoms with Gasteiger partial charge in [0.05, 0.1) is 6.54 Å². The van der Waals surface area contributed by atoms with Gasteiger partial charge in [-0.25, -0.2) is 0 Å². The molecule has 5 nitrogen and oxygen atoms in total. The van der Waals surface area contributed by atoms with Gasteiger partial charge in [-0.2, -0.15) is 0 Å². The van der Waals surface area contributed by atoms with Crippen molar-refractivity contribution in [3.63, 3.8) is 0 Å². The molecule has 2 aromatic carbocycles. The minimum absolute atomic E-state index is 0.136. The van der Waals surface area contributed by atoms with Crippen molar-refractivity contribution in [3.05, 3.63) is 60.7 Å². The number of amides is 1. The standard InChI is InChI=1S/C21H27N3O2/c1-22(19-8-4-2-5-9-19)21(25)18-24-14-12-23(13-15-24)16-17-26-20-10-6-3-7-11-20/h2-11H,12-18H2,1H3. The molecule has 138 valence electrons. The SMILES string of the molecule is CN(C(=O)CN1CCN(CCOc2ccccc2)CC1)c1ccccc1. The second kappa shape index (κ2) is 9.36. The number of rotatable bonds is 7. The monoisotopic (exact) mass is 353 g/mol. The van der Waals surface area contributed by atoms with E-state index in [0.29, 0.717) is 13.2 Å². The molecule has 0 aromatic heterocycles. The number of piperazine rings is 1. The highest BCUT2D eigenvalue weighted by Gasteiger charge is 2.20. The van der Waals surface area contributed by atoms with Crippen LogP contribution in [0.4, 0.5) is 5.69 Å². The summed E-state index contributed by atoms with van der Waals surface area (Å²) in [6.07, 6.45) is 0. The highest BCUT2D eigenvalue weighted by molar-refractivity contribution is 5.94. The van der Waals surface area contributed by atoms with E-state index in [9.17, 15) is 4.79 Å². The molecule has 5 heteroatoms. The van der Waals surface area contributed by atoms with Crippen LogP contribution < -0.4 is 9.64 Å². The van der Waals surface area contributed by atoms with Gasteiger partial charge in [0, 0.05) is 45.5 Å². The van der Waals surface area contributed by atoms with Crippen LogP contribution in [0.5, 0.6) is 5.75 Å². The van der Waals surface area contributed by atoms with E-state index in [1.54, 1.807) is 4.90 Å². The molecule has 1 heterocycles. The number of hydrogen-bond acceptors (Lipinski definition) is 4. The highest BCUT2D eigenvalue weighted by atomic mass is 16.5. The van der Waals surface area contributed by atoms with Crippen molar-refractivity contribution in [3.8, 4) is 5.75 Å². The van der Waals surface area contributed by atoms with Crippen LogP contribution in [0.15, 0.2) is 60.7 Å². The summed E-state index contributed by atoms with van der Waals surface area (Å²) in [4.78, 5) is 18.8. The van der Waals surface area contributed by atoms with E-state index in [4.69, 9.17) is 4.74 Å². The Labute approximate surface area is 155 Å². The Bertz CT molecular complexity index is 670. The van der Waals surface area contributed by atoms with Crippen molar-refractivity contribution in [1.82, 2.24) is 9.80 Å². The molecule has 0 radical (unpaired) electrons. The normalized spacial score (nSPS) is 15.6. The van der Waals surface area contributed by atoms with Crippen LogP contribution >= 0.6 is 0 Å². The van der Waals surface area contributed by atoms with Crippen LogP contribution in [0.1, 0.15) is 0 Å². The van der Waals surface area contributed by atoms with Gasteiger partial charge in [-0.15, -0.1) is 0 Å². The largest absolute Gasteiger partial charge is 0.492 e. The molecule has 1 saturated heterocycles. The molecule has 3 rings (SSSR count). The fourth-order valence-electron chi connectivity index (χ4n) is 3.07. The molecular formula is C21H27N3O2. The molecule has 1 amide bonds. The zero-order chi connectivity index (χ0) is 18.2. The van der Waals surface area contributed by atoms with E-state index in [1.807, 2.05) is 67.7 Å². The molecule has 1 aliphatic rings. The van der Waals surface area contributed by atoms with Crippen LogP contribution in [-0.2, 0) is 4.79 Å². The summed E-state index contributed by atoms with van der Waals surface area (Å²) in [6, 6.07) is 19.7. The first-order chi connectivity index (χ1) is 12.7. The predicted octanol–water partition coefficient (Wildman–Crippen LogP) is 2.35. The van der Waals surface area contributed by atoms with Gasteiger partial charge in [0.25, 0.3) is 0 Å². The third-order valence-electron chi connectivity index (χ3n) is 4.76. The first-order valence-corrected chi connectivity index (χ1v) is 9.16. The number of ether oxygens (including phenoxy) is 1. The first-order valence-electron chi connectivity index (χ1n) is 9.16. The highest BCUT2D eigenvalue weighted by Crippen LogP contribution is 2.12. The molecule has 0 saturated carbocycles. The van der Waals surface area contributed by atoms with Gasteiger partial charge in [-0.3, -0.25) is 14.6 Å². The molecule has 0 atom stereocenters. The summed E-state index contributed by atoms with van der Waals surface area (Å²) in [5.74, 6) is 1.05. The number of carbonyl (C=O) groups is 1. The summed E-state index contributed by atoms with van der Waals surface area (Å²) in [5.41, 5.74) is 0.939. The van der Waals surface area contributed by atoms with Gasteiger partial charge >= 0.3 is 0 Å². The van der Waals surface area contributed by atoms with Crippen molar-refractivity contribution in [2.24, 2.45) is 0 Å². The summed E-state index contributed by atoms with van der Waals surface area (Å²) >= 11 is 0. The maximum absolute atomic E-state index is 12.5. The fourth-order valence-corrected chi connectivity index (χ4v) is 3.07. The summed E-state index contributed by atoms with van der Waals surface area (Å²) < 4.78 is 5.76. The zero-order valence-corrected chi connectivity index (χ0v) is 15.4. The molecule has 0 aliphatic carbocycles. The van der Waals surface area contributed by atoms with Crippen molar-refractivity contribution in [1.29, 1.82) is 0 Å². The van der Waals surface area contributed by atoms with E-state index in [0.717, 1.165) is 44.2 Å². The average molecular weight is 353 g/mol. The number of hydrogen-bond donors (Lipinski definition) is 0. The molecule has 26 heavy (non-hydrogen) atoms. The van der Waals surface area contributed by atoms with Gasteiger partial charge in [-0.1, -0.05) is 36.4 Å². The third kappa shape index (κ3) is 5.31. The van der Waals surface area contributed by atoms with E-state index in [1.165, 1.54) is 0 Å². The minimum Gasteiger partial charge on any atom is -0.492 e. The Balaban J connectivity index is 1.36. The smallest absolute Gasteiger partial charge is 0.240 e. The van der Waals surface area contributed by atoms with Crippen LogP contribution in [0, 0.1) is 0 Å². The summed E-state index contributed by atoms with van der Waals surface area (Å²) in [6.45, 7) is 5.86. The van der Waals surface area contributed by atoms with E-state index in [2.05, 4.69) is 9.80 Å². The average Bonchev–Trinajstić information content (AvgIpc) is 2.70. The minimum atomic E-state index is 0.136. The fraction of sp³-hybridized carbons (Fsp3) is 0.381. The second-order valence-corrected chi connectivity index (χ2v) is 6.57. The van der Waals surface area contributed by atoms with Crippen LogP contribution in [-0.4, -0.2) is 68.6 Å². The van der Waals surface area contributed by atoms with Crippen molar-refractivity contribution < 1.29 is 9.53 Å². The second-order valence-electron chi connectivity index (χ2n) is 6.57. The number of anilines is 1. The van der Waals surface area contributed by atoms with Gasteiger partial charge in [-0.05, 0) is 24.3 Å². The first kappa shape index (κ1) is 18.4. The zero-order valence-electron chi connectivity index (χ0n) is 15.4. The molecule has 1 fully saturated rings. The number of benzene rings is 2. The van der Waals surface area contributed by atoms with Crippen molar-refractivity contribution >= 4 is 11.6 Å². The maximum atomic E-state index is 12.5. The number of carbonyl (C=O) groups excluding carboxylic acids is 1. The molecular weight excluding hydrogens is 326 g/mol. The van der Waals surface area contributed by atoms with Gasteiger partial charge < -0.3 is 9.64 Å². The lowest BCUT2D eigenvalue weighted by Crippen LogP contribution is -2.50. The molecule has 1 aliphatic heterocycles. The Kier molecular flexibility index (Phi) is 6.63. The van der Waals surface area contributed by atoms with E-state index < -0.39 is 0 Å². The third-order valence-corrected chi connectivity index (χ3v) is 4.76. The number of nitrogens with zero attached hydrogens (tertiary/aromatic N) is 3. The van der Waals surface area contributed by atoms with E-state index >= 15 is 0 Å². The molecule has 2 aromatic rings. The molecule has 0 N–H and O–H groups in total. The van der Waals surface area contributed by atoms with Crippen LogP contribution in [0.2, 0.25) is 0 Å². The Morgan fingerprint density at radius 2 is 1.50 bits per heavy atom. The quantitative estimate of drug-likeness (QED) is 0.766. The lowest BCUT2D eigenvalue weighted by atomic mass is 10.2. The lowest BCUT2D eigenvalue weighted by molar-refractivity contribution is -0.119. The van der Waals surface area contributed by atoms with Crippen LogP contribution in [0.3, 0.4) is 0 Å². The Morgan fingerprint density at radius 1 is 0.923 bits per heavy atom. The number of likely N-dealkylation sites (N-methyl/N-ethyl adjacent to an activating group) is 1.